The molecule has 7 heteroatoms. The van der Waals surface area contributed by atoms with Crippen LogP contribution >= 0.6 is 11.5 Å². The summed E-state index contributed by atoms with van der Waals surface area (Å²) in [5, 5.41) is 14.1. The van der Waals surface area contributed by atoms with Crippen molar-refractivity contribution in [1.82, 2.24) is 9.59 Å². The number of nitrogens with zero attached hydrogens (tertiary/aromatic N) is 2. The molecule has 1 rings (SSSR count). The van der Waals surface area contributed by atoms with E-state index < -0.39 is 15.9 Å². The third-order valence-corrected chi connectivity index (χ3v) is 4.37. The van der Waals surface area contributed by atoms with Crippen molar-refractivity contribution in [2.45, 2.75) is 45.1 Å². The van der Waals surface area contributed by atoms with Crippen LogP contribution in [0.15, 0.2) is 0 Å². The average molecular weight is 292 g/mol. The van der Waals surface area contributed by atoms with Crippen LogP contribution in [0.5, 0.6) is 0 Å². The molecule has 104 valence electrons. The molecular formula is C11H20N2O3S2. The number of aliphatic hydroxyl groups excluding tert-OH is 1. The summed E-state index contributed by atoms with van der Waals surface area (Å²) in [5.41, 5.74) is 0.625. The quantitative estimate of drug-likeness (QED) is 0.893. The van der Waals surface area contributed by atoms with E-state index in [2.05, 4.69) is 9.59 Å². The lowest BCUT2D eigenvalue weighted by molar-refractivity contribution is 0.168. The number of aliphatic hydroxyl groups is 1. The van der Waals surface area contributed by atoms with Crippen LogP contribution in [0.25, 0.3) is 0 Å². The second kappa shape index (κ2) is 5.63. The number of rotatable bonds is 5. The Morgan fingerprint density at radius 2 is 2.00 bits per heavy atom. The molecule has 0 aliphatic rings. The van der Waals surface area contributed by atoms with Crippen LogP contribution in [-0.4, -0.2) is 35.1 Å². The van der Waals surface area contributed by atoms with Gasteiger partial charge >= 0.3 is 0 Å². The fraction of sp³-hybridized carbons (Fsp3) is 0.818. The molecule has 0 saturated carbocycles. The summed E-state index contributed by atoms with van der Waals surface area (Å²) in [4.78, 5) is 0.746. The highest BCUT2D eigenvalue weighted by Crippen LogP contribution is 2.32. The summed E-state index contributed by atoms with van der Waals surface area (Å²) in [6, 6.07) is 0. The topological polar surface area (TPSA) is 80.2 Å². The van der Waals surface area contributed by atoms with E-state index in [0.717, 1.165) is 10.6 Å². The van der Waals surface area contributed by atoms with E-state index >= 15 is 0 Å². The van der Waals surface area contributed by atoms with Gasteiger partial charge in [-0.05, 0) is 24.4 Å². The lowest BCUT2D eigenvalue weighted by atomic mass is 9.90. The molecule has 1 unspecified atom stereocenters. The van der Waals surface area contributed by atoms with E-state index in [0.29, 0.717) is 12.8 Å². The van der Waals surface area contributed by atoms with Crippen LogP contribution in [-0.2, 0) is 15.3 Å². The predicted molar refractivity (Wildman–Crippen MR) is 72.5 cm³/mol. The van der Waals surface area contributed by atoms with Gasteiger partial charge in [0.1, 0.15) is 9.84 Å². The third kappa shape index (κ3) is 4.62. The Hall–Kier alpha value is -0.530. The Morgan fingerprint density at radius 1 is 1.39 bits per heavy atom. The van der Waals surface area contributed by atoms with Gasteiger partial charge in [-0.15, -0.1) is 5.10 Å². The van der Waals surface area contributed by atoms with Crippen LogP contribution in [0.3, 0.4) is 0 Å². The minimum Gasteiger partial charge on any atom is -0.387 e. The summed E-state index contributed by atoms with van der Waals surface area (Å²) in [5.74, 6) is 0.0984. The van der Waals surface area contributed by atoms with Crippen molar-refractivity contribution >= 4 is 21.4 Å². The first-order chi connectivity index (χ1) is 8.11. The molecule has 0 aromatic carbocycles. The van der Waals surface area contributed by atoms with Crippen molar-refractivity contribution in [3.05, 3.63) is 10.6 Å². The molecule has 0 fully saturated rings. The number of hydrogen-bond donors (Lipinski definition) is 1. The fourth-order valence-corrected chi connectivity index (χ4v) is 3.18. The Balaban J connectivity index is 2.68. The molecule has 0 saturated heterocycles. The highest BCUT2D eigenvalue weighted by atomic mass is 32.2. The fourth-order valence-electron chi connectivity index (χ4n) is 1.61. The van der Waals surface area contributed by atoms with Crippen LogP contribution in [0.2, 0.25) is 0 Å². The second-order valence-corrected chi connectivity index (χ2v) is 8.57. The van der Waals surface area contributed by atoms with Gasteiger partial charge in [-0.3, -0.25) is 0 Å². The van der Waals surface area contributed by atoms with Gasteiger partial charge in [0.25, 0.3) is 0 Å². The molecule has 0 amide bonds. The molecular weight excluding hydrogens is 272 g/mol. The van der Waals surface area contributed by atoms with Crippen molar-refractivity contribution in [3.63, 3.8) is 0 Å². The van der Waals surface area contributed by atoms with Crippen molar-refractivity contribution < 1.29 is 13.5 Å². The van der Waals surface area contributed by atoms with E-state index in [1.807, 2.05) is 20.8 Å². The van der Waals surface area contributed by atoms with Gasteiger partial charge in [0.05, 0.1) is 16.7 Å². The Kier molecular flexibility index (Phi) is 4.85. The van der Waals surface area contributed by atoms with Crippen molar-refractivity contribution in [3.8, 4) is 0 Å². The highest BCUT2D eigenvalue weighted by Gasteiger charge is 2.26. The van der Waals surface area contributed by atoms with Crippen LogP contribution in [0.4, 0.5) is 0 Å². The molecule has 18 heavy (non-hydrogen) atoms. The molecule has 1 atom stereocenters. The maximum Gasteiger partial charge on any atom is 0.147 e. The number of sulfone groups is 1. The van der Waals surface area contributed by atoms with Crippen molar-refractivity contribution in [1.29, 1.82) is 0 Å². The normalized spacial score (nSPS) is 14.7. The molecule has 0 radical (unpaired) electrons. The summed E-state index contributed by atoms with van der Waals surface area (Å²) in [7, 11) is -2.97. The summed E-state index contributed by atoms with van der Waals surface area (Å²) in [6.45, 7) is 6.03. The Labute approximate surface area is 112 Å². The molecule has 0 aliphatic carbocycles. The minimum atomic E-state index is -2.97. The second-order valence-electron chi connectivity index (χ2n) is 5.52. The summed E-state index contributed by atoms with van der Waals surface area (Å²) < 4.78 is 25.9. The molecule has 0 bridgehead atoms. The largest absolute Gasteiger partial charge is 0.387 e. The van der Waals surface area contributed by atoms with Gasteiger partial charge in [0, 0.05) is 17.4 Å². The maximum absolute atomic E-state index is 11.0. The van der Waals surface area contributed by atoms with Gasteiger partial charge in [0.15, 0.2) is 0 Å². The third-order valence-electron chi connectivity index (χ3n) is 2.52. The lowest BCUT2D eigenvalue weighted by Crippen LogP contribution is -2.16. The van der Waals surface area contributed by atoms with Gasteiger partial charge in [0.2, 0.25) is 0 Å². The zero-order valence-corrected chi connectivity index (χ0v) is 12.8. The first-order valence-corrected chi connectivity index (χ1v) is 8.63. The van der Waals surface area contributed by atoms with E-state index in [4.69, 9.17) is 0 Å². The van der Waals surface area contributed by atoms with Gasteiger partial charge in [-0.1, -0.05) is 25.3 Å². The Morgan fingerprint density at radius 3 is 2.50 bits per heavy atom. The van der Waals surface area contributed by atoms with Gasteiger partial charge < -0.3 is 5.11 Å². The van der Waals surface area contributed by atoms with Gasteiger partial charge in [-0.25, -0.2) is 8.42 Å². The van der Waals surface area contributed by atoms with Crippen LogP contribution in [0, 0.1) is 0 Å². The van der Waals surface area contributed by atoms with Crippen molar-refractivity contribution in [2.24, 2.45) is 0 Å². The maximum atomic E-state index is 11.0. The zero-order valence-electron chi connectivity index (χ0n) is 11.2. The Bertz CT molecular complexity index is 489. The SMILES string of the molecule is CC(C)(C)c1nnsc1C(O)CCCS(C)(=O)=O. The monoisotopic (exact) mass is 292 g/mol. The number of hydrogen-bond acceptors (Lipinski definition) is 6. The molecule has 1 aromatic rings. The molecule has 1 heterocycles. The lowest BCUT2D eigenvalue weighted by Gasteiger charge is -2.18. The first-order valence-electron chi connectivity index (χ1n) is 5.80. The van der Waals surface area contributed by atoms with Gasteiger partial charge in [-0.2, -0.15) is 0 Å². The summed E-state index contributed by atoms with van der Waals surface area (Å²) >= 11 is 1.18. The standard InChI is InChI=1S/C11H20N2O3S2/c1-11(2,3)10-9(17-13-12-10)8(14)6-5-7-18(4,15)16/h8,14H,5-7H2,1-4H3. The first kappa shape index (κ1) is 15.5. The molecule has 5 nitrogen and oxygen atoms in total. The van der Waals surface area contributed by atoms with Crippen molar-refractivity contribution in [2.75, 3.05) is 12.0 Å². The minimum absolute atomic E-state index is 0.0984. The molecule has 1 N–H and O–H groups in total. The van der Waals surface area contributed by atoms with E-state index in [-0.39, 0.29) is 11.2 Å². The number of aromatic nitrogens is 2. The van der Waals surface area contributed by atoms with E-state index in [1.165, 1.54) is 17.8 Å². The highest BCUT2D eigenvalue weighted by molar-refractivity contribution is 7.90. The summed E-state index contributed by atoms with van der Waals surface area (Å²) in [6.07, 6.45) is 1.39. The average Bonchev–Trinajstić information content (AvgIpc) is 2.62. The van der Waals surface area contributed by atoms with Crippen LogP contribution in [0.1, 0.15) is 50.3 Å². The van der Waals surface area contributed by atoms with Crippen LogP contribution < -0.4 is 0 Å². The van der Waals surface area contributed by atoms with E-state index in [9.17, 15) is 13.5 Å². The predicted octanol–water partition coefficient (Wildman–Crippen LogP) is 1.69. The zero-order chi connectivity index (χ0) is 14.0. The molecule has 1 aromatic heterocycles. The smallest absolute Gasteiger partial charge is 0.147 e. The molecule has 0 aliphatic heterocycles. The van der Waals surface area contributed by atoms with E-state index in [1.54, 1.807) is 0 Å². The molecule has 0 spiro atoms.